The maximum atomic E-state index is 10.1. The summed E-state index contributed by atoms with van der Waals surface area (Å²) in [6, 6.07) is 0. The molecule has 0 aromatic heterocycles. The zero-order chi connectivity index (χ0) is 10.6. The van der Waals surface area contributed by atoms with Crippen LogP contribution in [0.1, 0.15) is 12.8 Å². The van der Waals surface area contributed by atoms with Gasteiger partial charge in [0.15, 0.2) is 0 Å². The van der Waals surface area contributed by atoms with Crippen molar-refractivity contribution in [2.45, 2.75) is 18.4 Å². The van der Waals surface area contributed by atoms with E-state index in [0.29, 0.717) is 0 Å². The number of carboxylic acids is 3. The van der Waals surface area contributed by atoms with Gasteiger partial charge in [0.2, 0.25) is 0 Å². The Labute approximate surface area is 114 Å². The molecule has 0 saturated heterocycles. The van der Waals surface area contributed by atoms with Gasteiger partial charge >= 0.3 is 37.7 Å². The van der Waals surface area contributed by atoms with Crippen LogP contribution in [0.15, 0.2) is 0 Å². The molecule has 15 heavy (non-hydrogen) atoms. The van der Waals surface area contributed by atoms with Crippen LogP contribution < -0.4 is 21.5 Å². The van der Waals surface area contributed by atoms with Crippen LogP contribution in [0.3, 0.4) is 0 Å². The Bertz CT molecular complexity index is 238. The van der Waals surface area contributed by atoms with Crippen LogP contribution in [0.4, 0.5) is 0 Å². The van der Waals surface area contributed by atoms with Gasteiger partial charge in [-0.3, -0.25) is 0 Å². The normalized spacial score (nSPS) is 9.40. The van der Waals surface area contributed by atoms with E-state index in [2.05, 4.69) is 0 Å². The van der Waals surface area contributed by atoms with Crippen molar-refractivity contribution < 1.29 is 34.8 Å². The summed E-state index contributed by atoms with van der Waals surface area (Å²) >= 11 is 0. The minimum Gasteiger partial charge on any atom is -0.550 e. The second kappa shape index (κ2) is 7.83. The molecule has 0 aromatic carbocycles. The molecule has 0 fully saturated rings. The Kier molecular flexibility index (Phi) is 10.5. The zero-order valence-corrected chi connectivity index (χ0v) is 10.2. The number of carbonyl (C=O) groups is 3. The molecule has 0 unspecified atom stereocenters. The Balaban J connectivity index is -0.000000720. The van der Waals surface area contributed by atoms with Crippen molar-refractivity contribution in [3.8, 4) is 0 Å². The van der Waals surface area contributed by atoms with Gasteiger partial charge in [-0.25, -0.2) is 0 Å². The Morgan fingerprint density at radius 1 is 1.00 bits per heavy atom. The van der Waals surface area contributed by atoms with Crippen molar-refractivity contribution in [2.24, 2.45) is 0 Å². The zero-order valence-electron chi connectivity index (χ0n) is 8.02. The van der Waals surface area contributed by atoms with Gasteiger partial charge in [-0.15, -0.1) is 0 Å². The van der Waals surface area contributed by atoms with Crippen LogP contribution in [0.5, 0.6) is 0 Å². The van der Waals surface area contributed by atoms with Gasteiger partial charge in [0.05, 0.1) is 5.97 Å². The molecule has 5 N–H and O–H groups in total. The van der Waals surface area contributed by atoms with Gasteiger partial charge in [-0.1, -0.05) is 0 Å². The summed E-state index contributed by atoms with van der Waals surface area (Å²) in [6.45, 7) is 0. The summed E-state index contributed by atoms with van der Waals surface area (Å²) in [7, 11) is 0. The van der Waals surface area contributed by atoms with E-state index in [1.165, 1.54) is 0 Å². The van der Waals surface area contributed by atoms with Crippen molar-refractivity contribution >= 4 is 55.6 Å². The maximum absolute atomic E-state index is 10.1. The number of aliphatic hydroxyl groups is 1. The number of carboxylic acid groups (broad SMARTS) is 3. The SMILES string of the molecule is O=C([O-])CC(O)(CC(=O)[O-])C(=O)[O-].[Ca+2].[NH4+]. The van der Waals surface area contributed by atoms with Crippen LogP contribution in [0.2, 0.25) is 0 Å². The summed E-state index contributed by atoms with van der Waals surface area (Å²) in [5.74, 6) is -5.98. The molecule has 0 atom stereocenters. The predicted molar refractivity (Wildman–Crippen MR) is 40.9 cm³/mol. The average molecular weight is 247 g/mol. The fraction of sp³-hybridized carbons (Fsp3) is 0.500. The molecule has 0 spiro atoms. The molecule has 8 nitrogen and oxygen atoms in total. The van der Waals surface area contributed by atoms with Crippen molar-refractivity contribution in [2.75, 3.05) is 0 Å². The minimum absolute atomic E-state index is 0. The van der Waals surface area contributed by atoms with Crippen molar-refractivity contribution in [1.82, 2.24) is 6.15 Å². The smallest absolute Gasteiger partial charge is 0.550 e. The monoisotopic (exact) mass is 247 g/mol. The average Bonchev–Trinajstić information content (AvgIpc) is 1.82. The summed E-state index contributed by atoms with van der Waals surface area (Å²) in [5.41, 5.74) is -2.97. The quantitative estimate of drug-likeness (QED) is 0.455. The second-order valence-corrected chi connectivity index (χ2v) is 2.42. The maximum Gasteiger partial charge on any atom is 2.00 e. The molecule has 0 aliphatic heterocycles. The first-order valence-corrected chi connectivity index (χ1v) is 3.11. The molecular formula is C6H9CaNO7. The molecule has 0 heterocycles. The summed E-state index contributed by atoms with van der Waals surface area (Å²) < 4.78 is 0. The van der Waals surface area contributed by atoms with Gasteiger partial charge in [-0.05, 0) is 0 Å². The third-order valence-electron chi connectivity index (χ3n) is 1.25. The van der Waals surface area contributed by atoms with Gasteiger partial charge < -0.3 is 41.0 Å². The molecule has 82 valence electrons. The first kappa shape index (κ1) is 20.1. The molecule has 0 rings (SSSR count). The van der Waals surface area contributed by atoms with Crippen molar-refractivity contribution in [3.63, 3.8) is 0 Å². The Morgan fingerprint density at radius 2 is 1.27 bits per heavy atom. The van der Waals surface area contributed by atoms with E-state index in [1.807, 2.05) is 0 Å². The van der Waals surface area contributed by atoms with Crippen LogP contribution in [0.25, 0.3) is 0 Å². The fourth-order valence-electron chi connectivity index (χ4n) is 0.684. The number of carbonyl (C=O) groups excluding carboxylic acids is 3. The van der Waals surface area contributed by atoms with Crippen LogP contribution in [-0.4, -0.2) is 66.4 Å². The van der Waals surface area contributed by atoms with Gasteiger partial charge in [0.25, 0.3) is 0 Å². The molecule has 0 amide bonds. The van der Waals surface area contributed by atoms with Gasteiger partial charge in [-0.2, -0.15) is 0 Å². The third-order valence-corrected chi connectivity index (χ3v) is 1.25. The first-order valence-electron chi connectivity index (χ1n) is 3.11. The minimum atomic E-state index is -2.97. The first-order chi connectivity index (χ1) is 5.78. The largest absolute Gasteiger partial charge is 2.00 e. The molecule has 0 aliphatic rings. The third kappa shape index (κ3) is 7.51. The molecule has 0 aliphatic carbocycles. The fourth-order valence-corrected chi connectivity index (χ4v) is 0.684. The molecule has 0 aromatic rings. The van der Waals surface area contributed by atoms with E-state index >= 15 is 0 Å². The van der Waals surface area contributed by atoms with E-state index in [1.54, 1.807) is 0 Å². The summed E-state index contributed by atoms with van der Waals surface area (Å²) in [5, 5.41) is 38.9. The van der Waals surface area contributed by atoms with E-state index in [4.69, 9.17) is 5.11 Å². The van der Waals surface area contributed by atoms with E-state index < -0.39 is 36.4 Å². The van der Waals surface area contributed by atoms with Crippen molar-refractivity contribution in [3.05, 3.63) is 0 Å². The van der Waals surface area contributed by atoms with Crippen molar-refractivity contribution in [1.29, 1.82) is 0 Å². The molecule has 9 heteroatoms. The van der Waals surface area contributed by atoms with E-state index in [0.717, 1.165) is 0 Å². The summed E-state index contributed by atoms with van der Waals surface area (Å²) in [6.07, 6.45) is -2.72. The number of rotatable bonds is 5. The van der Waals surface area contributed by atoms with Crippen LogP contribution in [0, 0.1) is 0 Å². The topological polar surface area (TPSA) is 177 Å². The number of aliphatic carboxylic acids is 3. The number of hydrogen-bond donors (Lipinski definition) is 2. The second-order valence-electron chi connectivity index (χ2n) is 2.42. The van der Waals surface area contributed by atoms with Gasteiger partial charge in [0, 0.05) is 24.8 Å². The predicted octanol–water partition coefficient (Wildman–Crippen LogP) is -5.26. The molecule has 0 radical (unpaired) electrons. The standard InChI is InChI=1S/C6H8O7.Ca.H3N/c7-3(8)1-6(13,5(11)12)2-4(9)10;;/h13H,1-2H2,(H,7,8)(H,9,10)(H,11,12);;1H3/q;+2;/p-2. The number of hydrogen-bond acceptors (Lipinski definition) is 7. The Morgan fingerprint density at radius 3 is 1.40 bits per heavy atom. The molecular weight excluding hydrogens is 238 g/mol. The summed E-state index contributed by atoms with van der Waals surface area (Å²) in [4.78, 5) is 30.0. The molecule has 0 saturated carbocycles. The van der Waals surface area contributed by atoms with E-state index in [-0.39, 0.29) is 43.9 Å². The molecule has 0 bridgehead atoms. The van der Waals surface area contributed by atoms with Crippen LogP contribution >= 0.6 is 0 Å². The van der Waals surface area contributed by atoms with Crippen LogP contribution in [-0.2, 0) is 14.4 Å². The number of quaternary nitrogens is 1. The van der Waals surface area contributed by atoms with Gasteiger partial charge in [0.1, 0.15) is 5.60 Å². The Hall–Kier alpha value is -0.410. The van der Waals surface area contributed by atoms with E-state index in [9.17, 15) is 29.7 Å².